The molecule has 0 aliphatic rings. The first-order valence-corrected chi connectivity index (χ1v) is 7.85. The molecule has 0 bridgehead atoms. The molecule has 2 rings (SSSR count). The number of aryl methyl sites for hydroxylation is 1. The van der Waals surface area contributed by atoms with Crippen molar-refractivity contribution in [1.29, 1.82) is 0 Å². The summed E-state index contributed by atoms with van der Waals surface area (Å²) in [4.78, 5) is 12.0. The lowest BCUT2D eigenvalue weighted by Gasteiger charge is -2.09. The molecule has 8 nitrogen and oxygen atoms in total. The average Bonchev–Trinajstić information content (AvgIpc) is 2.49. The molecule has 0 heterocycles. The Morgan fingerprint density at radius 3 is 2.43 bits per heavy atom. The monoisotopic (exact) mass is 334 g/mol. The number of hydrogen-bond acceptors (Lipinski definition) is 6. The van der Waals surface area contributed by atoms with E-state index in [0.29, 0.717) is 0 Å². The van der Waals surface area contributed by atoms with Gasteiger partial charge in [0.1, 0.15) is 0 Å². The number of non-ortho nitro benzene ring substituents is 1. The minimum Gasteiger partial charge on any atom is -0.872 e. The summed E-state index contributed by atoms with van der Waals surface area (Å²) in [7, 11) is -3.87. The molecule has 0 aliphatic heterocycles. The molecular formula is C14H12N3O5S-. The van der Waals surface area contributed by atoms with Gasteiger partial charge in [-0.2, -0.15) is 13.5 Å². The smallest absolute Gasteiger partial charge is 0.276 e. The second-order valence-corrected chi connectivity index (χ2v) is 6.31. The molecule has 0 spiro atoms. The number of rotatable bonds is 5. The van der Waals surface area contributed by atoms with Gasteiger partial charge in [0.2, 0.25) is 0 Å². The van der Waals surface area contributed by atoms with Gasteiger partial charge in [-0.25, -0.2) is 4.83 Å². The van der Waals surface area contributed by atoms with Crippen molar-refractivity contribution < 1.29 is 18.4 Å². The zero-order valence-corrected chi connectivity index (χ0v) is 12.8. The third-order valence-electron chi connectivity index (χ3n) is 2.91. The summed E-state index contributed by atoms with van der Waals surface area (Å²) in [5.74, 6) is -0.506. The summed E-state index contributed by atoms with van der Waals surface area (Å²) < 4.78 is 24.0. The Balaban J connectivity index is 2.19. The van der Waals surface area contributed by atoms with Crippen LogP contribution < -0.4 is 9.94 Å². The topological polar surface area (TPSA) is 125 Å². The van der Waals surface area contributed by atoms with Gasteiger partial charge < -0.3 is 5.11 Å². The summed E-state index contributed by atoms with van der Waals surface area (Å²) >= 11 is 0. The molecule has 0 radical (unpaired) electrons. The highest BCUT2D eigenvalue weighted by atomic mass is 32.2. The van der Waals surface area contributed by atoms with Gasteiger partial charge in [-0.1, -0.05) is 29.5 Å². The van der Waals surface area contributed by atoms with Crippen LogP contribution in [-0.2, 0) is 10.0 Å². The minimum atomic E-state index is -3.87. The van der Waals surface area contributed by atoms with Gasteiger partial charge in [-0.05, 0) is 24.6 Å². The lowest BCUT2D eigenvalue weighted by molar-refractivity contribution is -0.385. The molecule has 0 saturated heterocycles. The first kappa shape index (κ1) is 16.4. The van der Waals surface area contributed by atoms with E-state index in [2.05, 4.69) is 5.10 Å². The lowest BCUT2D eigenvalue weighted by Crippen LogP contribution is -2.18. The summed E-state index contributed by atoms with van der Waals surface area (Å²) in [6, 6.07) is 9.21. The first-order chi connectivity index (χ1) is 10.8. The normalized spacial score (nSPS) is 11.5. The van der Waals surface area contributed by atoms with Crippen LogP contribution in [0, 0.1) is 17.0 Å². The van der Waals surface area contributed by atoms with Gasteiger partial charge in [0.15, 0.2) is 0 Å². The van der Waals surface area contributed by atoms with Crippen molar-refractivity contribution in [2.45, 2.75) is 11.8 Å². The van der Waals surface area contributed by atoms with Crippen molar-refractivity contribution in [3.05, 3.63) is 63.7 Å². The highest BCUT2D eigenvalue weighted by Crippen LogP contribution is 2.19. The molecule has 0 saturated carbocycles. The van der Waals surface area contributed by atoms with E-state index in [0.717, 1.165) is 30.0 Å². The van der Waals surface area contributed by atoms with Crippen LogP contribution in [0.3, 0.4) is 0 Å². The van der Waals surface area contributed by atoms with Crippen molar-refractivity contribution in [3.8, 4) is 5.75 Å². The summed E-state index contributed by atoms with van der Waals surface area (Å²) in [5.41, 5.74) is 0.526. The van der Waals surface area contributed by atoms with Crippen molar-refractivity contribution in [2.75, 3.05) is 0 Å². The third kappa shape index (κ3) is 4.04. The van der Waals surface area contributed by atoms with Gasteiger partial charge in [0, 0.05) is 12.1 Å². The Morgan fingerprint density at radius 1 is 1.17 bits per heavy atom. The first-order valence-electron chi connectivity index (χ1n) is 6.36. The molecule has 0 aromatic heterocycles. The molecule has 0 aliphatic carbocycles. The Labute approximate surface area is 132 Å². The van der Waals surface area contributed by atoms with E-state index in [1.165, 1.54) is 12.1 Å². The number of hydrogen-bond donors (Lipinski definition) is 1. The lowest BCUT2D eigenvalue weighted by atomic mass is 10.2. The van der Waals surface area contributed by atoms with Gasteiger partial charge >= 0.3 is 0 Å². The van der Waals surface area contributed by atoms with E-state index in [1.807, 2.05) is 11.8 Å². The molecule has 120 valence electrons. The summed E-state index contributed by atoms with van der Waals surface area (Å²) in [6.45, 7) is 1.82. The number of nitro benzene ring substituents is 1. The number of sulfonamides is 1. The quantitative estimate of drug-likeness (QED) is 0.501. The zero-order valence-electron chi connectivity index (χ0n) is 12.0. The van der Waals surface area contributed by atoms with Crippen molar-refractivity contribution in [1.82, 2.24) is 4.83 Å². The Morgan fingerprint density at radius 2 is 1.83 bits per heavy atom. The van der Waals surface area contributed by atoms with Crippen LogP contribution in [0.15, 0.2) is 52.5 Å². The largest absolute Gasteiger partial charge is 0.872 e. The fraction of sp³-hybridized carbons (Fsp3) is 0.0714. The highest BCUT2D eigenvalue weighted by molar-refractivity contribution is 7.89. The van der Waals surface area contributed by atoms with Crippen molar-refractivity contribution in [3.63, 3.8) is 0 Å². The molecule has 9 heteroatoms. The van der Waals surface area contributed by atoms with Gasteiger partial charge in [0.25, 0.3) is 15.7 Å². The summed E-state index contributed by atoms with van der Waals surface area (Å²) in [6.07, 6.45) is 0.932. The van der Waals surface area contributed by atoms with Crippen molar-refractivity contribution >= 4 is 21.9 Å². The second kappa shape index (κ2) is 6.44. The fourth-order valence-electron chi connectivity index (χ4n) is 1.69. The molecule has 2 aromatic carbocycles. The maximum Gasteiger partial charge on any atom is 0.276 e. The molecule has 0 unspecified atom stereocenters. The van der Waals surface area contributed by atoms with E-state index in [1.54, 1.807) is 12.1 Å². The Kier molecular flexibility index (Phi) is 4.60. The SMILES string of the molecule is Cc1ccc(S(=O)(=O)N/N=C\c2cc([N+](=O)[O-])ccc2[O-])cc1. The molecule has 0 fully saturated rings. The number of nitrogens with zero attached hydrogens (tertiary/aromatic N) is 2. The molecule has 2 aromatic rings. The molecule has 0 amide bonds. The van der Waals surface area contributed by atoms with Crippen LogP contribution >= 0.6 is 0 Å². The number of hydrazone groups is 1. The van der Waals surface area contributed by atoms with Gasteiger partial charge in [-0.3, -0.25) is 10.1 Å². The Hall–Kier alpha value is -2.94. The second-order valence-electron chi connectivity index (χ2n) is 4.65. The third-order valence-corrected chi connectivity index (χ3v) is 4.15. The molecule has 1 N–H and O–H groups in total. The maximum atomic E-state index is 12.0. The summed E-state index contributed by atoms with van der Waals surface area (Å²) in [5, 5.41) is 25.7. The van der Waals surface area contributed by atoms with Crippen LogP contribution in [0.5, 0.6) is 5.75 Å². The van der Waals surface area contributed by atoms with Crippen LogP contribution in [0.25, 0.3) is 0 Å². The number of nitrogens with one attached hydrogen (secondary N) is 1. The van der Waals surface area contributed by atoms with Crippen molar-refractivity contribution in [2.24, 2.45) is 5.10 Å². The van der Waals surface area contributed by atoms with Crippen LogP contribution in [0.4, 0.5) is 5.69 Å². The molecule has 23 heavy (non-hydrogen) atoms. The predicted octanol–water partition coefficient (Wildman–Crippen LogP) is 1.29. The highest BCUT2D eigenvalue weighted by Gasteiger charge is 2.12. The van der Waals surface area contributed by atoms with E-state index in [9.17, 15) is 23.6 Å². The minimum absolute atomic E-state index is 0.0154. The Bertz CT molecular complexity index is 860. The van der Waals surface area contributed by atoms with Gasteiger partial charge in [-0.15, -0.1) is 0 Å². The van der Waals surface area contributed by atoms with Gasteiger partial charge in [0.05, 0.1) is 16.0 Å². The standard InChI is InChI=1S/C14H13N3O5S/c1-10-2-5-13(6-3-10)23(21,22)16-15-9-11-8-12(17(19)20)4-7-14(11)18/h2-9,16,18H,1H3/p-1/b15-9-. The van der Waals surface area contributed by atoms with Crippen LogP contribution in [-0.4, -0.2) is 19.6 Å². The van der Waals surface area contributed by atoms with E-state index < -0.39 is 20.7 Å². The van der Waals surface area contributed by atoms with E-state index in [-0.39, 0.29) is 16.1 Å². The van der Waals surface area contributed by atoms with E-state index in [4.69, 9.17) is 0 Å². The van der Waals surface area contributed by atoms with Crippen LogP contribution in [0.1, 0.15) is 11.1 Å². The van der Waals surface area contributed by atoms with Crippen LogP contribution in [0.2, 0.25) is 0 Å². The average molecular weight is 334 g/mol. The number of benzene rings is 2. The fourth-order valence-corrected chi connectivity index (χ4v) is 2.48. The molecular weight excluding hydrogens is 322 g/mol. The molecule has 0 atom stereocenters. The van der Waals surface area contributed by atoms with E-state index >= 15 is 0 Å². The predicted molar refractivity (Wildman–Crippen MR) is 81.6 cm³/mol. The number of nitro groups is 1. The zero-order chi connectivity index (χ0) is 17.0. The maximum absolute atomic E-state index is 12.0.